The van der Waals surface area contributed by atoms with Crippen LogP contribution in [0.3, 0.4) is 0 Å². The van der Waals surface area contributed by atoms with Crippen LogP contribution in [-0.4, -0.2) is 22.5 Å². The van der Waals surface area contributed by atoms with Gasteiger partial charge in [0, 0.05) is 10.0 Å². The first-order valence-electron chi connectivity index (χ1n) is 6.16. The molecule has 1 amide bonds. The minimum Gasteiger partial charge on any atom is -0.480 e. The highest BCUT2D eigenvalue weighted by molar-refractivity contribution is 9.10. The monoisotopic (exact) mass is 325 g/mol. The Bertz CT molecular complexity index is 539. The van der Waals surface area contributed by atoms with Gasteiger partial charge in [-0.3, -0.25) is 4.79 Å². The van der Waals surface area contributed by atoms with Crippen molar-refractivity contribution in [2.45, 2.75) is 32.2 Å². The first kappa shape index (κ1) is 14.1. The normalized spacial score (nSPS) is 17.6. The van der Waals surface area contributed by atoms with Gasteiger partial charge in [0.05, 0.1) is 0 Å². The van der Waals surface area contributed by atoms with E-state index in [1.807, 2.05) is 19.1 Å². The van der Waals surface area contributed by atoms with E-state index >= 15 is 0 Å². The summed E-state index contributed by atoms with van der Waals surface area (Å²) in [7, 11) is 0. The summed E-state index contributed by atoms with van der Waals surface area (Å²) in [4.78, 5) is 23.7. The largest absolute Gasteiger partial charge is 0.480 e. The molecule has 5 heteroatoms. The van der Waals surface area contributed by atoms with Gasteiger partial charge < -0.3 is 10.4 Å². The zero-order valence-corrected chi connectivity index (χ0v) is 12.5. The highest BCUT2D eigenvalue weighted by atomic mass is 79.9. The SMILES string of the molecule is Cc1ccc(Br)cc1C(=O)NC(C)(C(=O)O)C1CC1. The molecule has 1 atom stereocenters. The van der Waals surface area contributed by atoms with Crippen LogP contribution >= 0.6 is 15.9 Å². The molecule has 4 nitrogen and oxygen atoms in total. The summed E-state index contributed by atoms with van der Waals surface area (Å²) in [6, 6.07) is 5.39. The fourth-order valence-corrected chi connectivity index (χ4v) is 2.49. The molecular weight excluding hydrogens is 310 g/mol. The van der Waals surface area contributed by atoms with Crippen molar-refractivity contribution in [1.29, 1.82) is 0 Å². The van der Waals surface area contributed by atoms with E-state index < -0.39 is 11.5 Å². The molecule has 2 rings (SSSR count). The number of halogens is 1. The Morgan fingerprint density at radius 3 is 2.58 bits per heavy atom. The van der Waals surface area contributed by atoms with Gasteiger partial charge in [0.2, 0.25) is 0 Å². The van der Waals surface area contributed by atoms with Crippen LogP contribution in [0.25, 0.3) is 0 Å². The molecule has 0 saturated heterocycles. The highest BCUT2D eigenvalue weighted by Gasteiger charge is 2.48. The van der Waals surface area contributed by atoms with Crippen molar-refractivity contribution in [2.24, 2.45) is 5.92 Å². The summed E-state index contributed by atoms with van der Waals surface area (Å²) in [6.07, 6.45) is 1.70. The number of carboxylic acid groups (broad SMARTS) is 1. The van der Waals surface area contributed by atoms with Gasteiger partial charge in [-0.1, -0.05) is 22.0 Å². The van der Waals surface area contributed by atoms with E-state index in [2.05, 4.69) is 21.2 Å². The van der Waals surface area contributed by atoms with E-state index in [0.717, 1.165) is 22.9 Å². The molecule has 1 unspecified atom stereocenters. The molecule has 19 heavy (non-hydrogen) atoms. The quantitative estimate of drug-likeness (QED) is 0.894. The Balaban J connectivity index is 2.25. The predicted molar refractivity (Wildman–Crippen MR) is 75.1 cm³/mol. The summed E-state index contributed by atoms with van der Waals surface area (Å²) >= 11 is 3.32. The number of hydrogen-bond donors (Lipinski definition) is 2. The smallest absolute Gasteiger partial charge is 0.329 e. The van der Waals surface area contributed by atoms with E-state index in [-0.39, 0.29) is 11.8 Å². The number of hydrogen-bond acceptors (Lipinski definition) is 2. The number of rotatable bonds is 4. The maximum Gasteiger partial charge on any atom is 0.329 e. The zero-order chi connectivity index (χ0) is 14.2. The molecule has 1 aliphatic rings. The number of nitrogens with one attached hydrogen (secondary N) is 1. The van der Waals surface area contributed by atoms with E-state index in [4.69, 9.17) is 0 Å². The fraction of sp³-hybridized carbons (Fsp3) is 0.429. The molecule has 0 spiro atoms. The van der Waals surface area contributed by atoms with Crippen LogP contribution in [0, 0.1) is 12.8 Å². The van der Waals surface area contributed by atoms with E-state index in [0.29, 0.717) is 5.56 Å². The lowest BCUT2D eigenvalue weighted by molar-refractivity contribution is -0.144. The zero-order valence-electron chi connectivity index (χ0n) is 10.9. The van der Waals surface area contributed by atoms with Crippen molar-refractivity contribution < 1.29 is 14.7 Å². The molecule has 2 N–H and O–H groups in total. The molecule has 1 aromatic carbocycles. The third kappa shape index (κ3) is 2.81. The Kier molecular flexibility index (Phi) is 3.67. The van der Waals surface area contributed by atoms with Crippen LogP contribution in [0.5, 0.6) is 0 Å². The van der Waals surface area contributed by atoms with E-state index in [9.17, 15) is 14.7 Å². The molecule has 1 aromatic rings. The molecule has 0 aromatic heterocycles. The van der Waals surface area contributed by atoms with Gasteiger partial charge >= 0.3 is 5.97 Å². The van der Waals surface area contributed by atoms with Crippen molar-refractivity contribution in [1.82, 2.24) is 5.32 Å². The highest BCUT2D eigenvalue weighted by Crippen LogP contribution is 2.40. The van der Waals surface area contributed by atoms with Crippen LogP contribution in [0.15, 0.2) is 22.7 Å². The van der Waals surface area contributed by atoms with Gasteiger partial charge in [0.15, 0.2) is 0 Å². The van der Waals surface area contributed by atoms with Crippen LogP contribution in [-0.2, 0) is 4.79 Å². The summed E-state index contributed by atoms with van der Waals surface area (Å²) < 4.78 is 0.798. The molecule has 0 radical (unpaired) electrons. The van der Waals surface area contributed by atoms with Crippen molar-refractivity contribution in [2.75, 3.05) is 0 Å². The van der Waals surface area contributed by atoms with Crippen molar-refractivity contribution in [3.8, 4) is 0 Å². The van der Waals surface area contributed by atoms with E-state index in [1.165, 1.54) is 0 Å². The lowest BCUT2D eigenvalue weighted by atomic mass is 9.95. The van der Waals surface area contributed by atoms with Crippen molar-refractivity contribution in [3.63, 3.8) is 0 Å². The molecule has 0 aliphatic heterocycles. The second-order valence-electron chi connectivity index (χ2n) is 5.20. The molecule has 1 saturated carbocycles. The van der Waals surface area contributed by atoms with Gasteiger partial charge in [-0.05, 0) is 50.3 Å². The number of aryl methyl sites for hydroxylation is 1. The van der Waals surface area contributed by atoms with Gasteiger partial charge in [0.25, 0.3) is 5.91 Å². The lowest BCUT2D eigenvalue weighted by Crippen LogP contribution is -2.54. The number of carboxylic acids is 1. The average Bonchev–Trinajstić information content (AvgIpc) is 3.16. The third-order valence-electron chi connectivity index (χ3n) is 3.66. The van der Waals surface area contributed by atoms with Gasteiger partial charge in [-0.2, -0.15) is 0 Å². The maximum absolute atomic E-state index is 12.3. The molecular formula is C14H16BrNO3. The number of amides is 1. The third-order valence-corrected chi connectivity index (χ3v) is 4.15. The van der Waals surface area contributed by atoms with Crippen molar-refractivity contribution in [3.05, 3.63) is 33.8 Å². The second kappa shape index (κ2) is 4.96. The minimum atomic E-state index is -1.17. The predicted octanol–water partition coefficient (Wildman–Crippen LogP) is 2.74. The summed E-state index contributed by atoms with van der Waals surface area (Å²) in [6.45, 7) is 3.41. The average molecular weight is 326 g/mol. The van der Waals surface area contributed by atoms with Crippen LogP contribution < -0.4 is 5.32 Å². The Hall–Kier alpha value is -1.36. The topological polar surface area (TPSA) is 66.4 Å². The van der Waals surface area contributed by atoms with Gasteiger partial charge in [-0.25, -0.2) is 4.79 Å². The Morgan fingerprint density at radius 1 is 1.42 bits per heavy atom. The second-order valence-corrected chi connectivity index (χ2v) is 6.11. The fourth-order valence-electron chi connectivity index (χ4n) is 2.13. The number of benzene rings is 1. The van der Waals surface area contributed by atoms with Crippen LogP contribution in [0.4, 0.5) is 0 Å². The molecule has 0 heterocycles. The number of aliphatic carboxylic acids is 1. The first-order chi connectivity index (χ1) is 8.84. The van der Waals surface area contributed by atoms with Crippen LogP contribution in [0.1, 0.15) is 35.7 Å². The Labute approximate surface area is 120 Å². The summed E-state index contributed by atoms with van der Waals surface area (Å²) in [5.41, 5.74) is 0.151. The minimum absolute atomic E-state index is 0.0291. The molecule has 102 valence electrons. The Morgan fingerprint density at radius 2 is 2.05 bits per heavy atom. The van der Waals surface area contributed by atoms with Gasteiger partial charge in [-0.15, -0.1) is 0 Å². The maximum atomic E-state index is 12.3. The molecule has 1 fully saturated rings. The summed E-state index contributed by atoms with van der Waals surface area (Å²) in [5.74, 6) is -1.28. The summed E-state index contributed by atoms with van der Waals surface area (Å²) in [5, 5.41) is 12.0. The molecule has 0 bridgehead atoms. The number of carbonyl (C=O) groups excluding carboxylic acids is 1. The van der Waals surface area contributed by atoms with Crippen LogP contribution in [0.2, 0.25) is 0 Å². The number of carbonyl (C=O) groups is 2. The lowest BCUT2D eigenvalue weighted by Gasteiger charge is -2.26. The first-order valence-corrected chi connectivity index (χ1v) is 6.96. The van der Waals surface area contributed by atoms with E-state index in [1.54, 1.807) is 13.0 Å². The standard InChI is InChI=1S/C14H16BrNO3/c1-8-3-6-10(15)7-11(8)12(17)16-14(2,13(18)19)9-4-5-9/h3,6-7,9H,4-5H2,1-2H3,(H,16,17)(H,18,19). The molecule has 1 aliphatic carbocycles. The van der Waals surface area contributed by atoms with Crippen molar-refractivity contribution >= 4 is 27.8 Å². The van der Waals surface area contributed by atoms with Gasteiger partial charge in [0.1, 0.15) is 5.54 Å².